The second kappa shape index (κ2) is 6.29. The molecule has 0 saturated carbocycles. The molecule has 0 aliphatic carbocycles. The van der Waals surface area contributed by atoms with Crippen molar-refractivity contribution in [2.24, 2.45) is 0 Å². The second-order valence-electron chi connectivity index (χ2n) is 5.71. The largest absolute Gasteiger partial charge is 0.305 e. The second-order valence-corrected chi connectivity index (χ2v) is 5.71. The molecular weight excluding hydrogens is 304 g/mol. The predicted molar refractivity (Wildman–Crippen MR) is 87.9 cm³/mol. The van der Waals surface area contributed by atoms with E-state index in [2.05, 4.69) is 29.8 Å². The first-order valence-corrected chi connectivity index (χ1v) is 7.80. The summed E-state index contributed by atoms with van der Waals surface area (Å²) in [5, 5.41) is 0. The average molecular weight is 320 g/mol. The molecule has 1 N–H and O–H groups in total. The van der Waals surface area contributed by atoms with Gasteiger partial charge in [-0.2, -0.15) is 0 Å². The number of nitrogens with zero attached hydrogens (tertiary/aromatic N) is 5. The van der Waals surface area contributed by atoms with E-state index in [0.29, 0.717) is 18.1 Å². The summed E-state index contributed by atoms with van der Waals surface area (Å²) in [4.78, 5) is 34.7. The van der Waals surface area contributed by atoms with Gasteiger partial charge in [0.2, 0.25) is 0 Å². The monoisotopic (exact) mass is 320 g/mol. The fraction of sp³-hybridized carbons (Fsp3) is 0.235. The summed E-state index contributed by atoms with van der Waals surface area (Å²) in [5.74, 6) is 0.477. The molecule has 7 heteroatoms. The Kier molecular flexibility index (Phi) is 3.84. The molecule has 0 amide bonds. The first-order chi connectivity index (χ1) is 11.8. The molecular formula is C17H16N6O. The maximum absolute atomic E-state index is 12.5. The van der Waals surface area contributed by atoms with Gasteiger partial charge in [-0.25, -0.2) is 9.97 Å². The van der Waals surface area contributed by atoms with E-state index in [1.54, 1.807) is 24.8 Å². The smallest absolute Gasteiger partial charge is 0.255 e. The van der Waals surface area contributed by atoms with Crippen molar-refractivity contribution in [3.05, 3.63) is 70.3 Å². The van der Waals surface area contributed by atoms with Gasteiger partial charge in [0.1, 0.15) is 5.69 Å². The predicted octanol–water partition coefficient (Wildman–Crippen LogP) is 1.18. The Hall–Kier alpha value is -2.93. The van der Waals surface area contributed by atoms with E-state index in [-0.39, 0.29) is 5.56 Å². The van der Waals surface area contributed by atoms with Crippen molar-refractivity contribution in [1.82, 2.24) is 29.8 Å². The number of pyridine rings is 1. The fourth-order valence-electron chi connectivity index (χ4n) is 2.88. The molecule has 0 aromatic carbocycles. The van der Waals surface area contributed by atoms with Gasteiger partial charge >= 0.3 is 0 Å². The van der Waals surface area contributed by atoms with Crippen molar-refractivity contribution < 1.29 is 0 Å². The lowest BCUT2D eigenvalue weighted by Crippen LogP contribution is -2.35. The molecule has 0 saturated heterocycles. The van der Waals surface area contributed by atoms with Crippen LogP contribution in [0.1, 0.15) is 17.0 Å². The minimum Gasteiger partial charge on any atom is -0.305 e. The summed E-state index contributed by atoms with van der Waals surface area (Å²) < 4.78 is 0. The van der Waals surface area contributed by atoms with Gasteiger partial charge in [-0.3, -0.25) is 19.7 Å². The third-order valence-electron chi connectivity index (χ3n) is 4.07. The third-order valence-corrected chi connectivity index (χ3v) is 4.07. The summed E-state index contributed by atoms with van der Waals surface area (Å²) >= 11 is 0. The van der Waals surface area contributed by atoms with Crippen LogP contribution >= 0.6 is 0 Å². The van der Waals surface area contributed by atoms with Crippen LogP contribution in [0.3, 0.4) is 0 Å². The Morgan fingerprint density at radius 3 is 2.92 bits per heavy atom. The summed E-state index contributed by atoms with van der Waals surface area (Å²) in [6.45, 7) is 2.15. The van der Waals surface area contributed by atoms with E-state index >= 15 is 0 Å². The van der Waals surface area contributed by atoms with E-state index < -0.39 is 0 Å². The van der Waals surface area contributed by atoms with E-state index in [1.165, 1.54) is 0 Å². The van der Waals surface area contributed by atoms with Crippen molar-refractivity contribution in [3.63, 3.8) is 0 Å². The van der Waals surface area contributed by atoms with Gasteiger partial charge in [0.25, 0.3) is 5.56 Å². The van der Waals surface area contributed by atoms with Crippen molar-refractivity contribution in [1.29, 1.82) is 0 Å². The molecule has 120 valence electrons. The Morgan fingerprint density at radius 1 is 1.17 bits per heavy atom. The van der Waals surface area contributed by atoms with Gasteiger partial charge in [0.05, 0.1) is 23.1 Å². The Morgan fingerprint density at radius 2 is 2.12 bits per heavy atom. The Labute approximate surface area is 138 Å². The van der Waals surface area contributed by atoms with Gasteiger partial charge in [-0.15, -0.1) is 0 Å². The number of nitrogens with one attached hydrogen (secondary N) is 1. The first-order valence-electron chi connectivity index (χ1n) is 7.80. The van der Waals surface area contributed by atoms with Crippen LogP contribution in [-0.4, -0.2) is 36.4 Å². The van der Waals surface area contributed by atoms with Crippen LogP contribution in [0.15, 0.2) is 47.8 Å². The number of rotatable bonds is 3. The van der Waals surface area contributed by atoms with E-state index in [9.17, 15) is 4.79 Å². The SMILES string of the molecule is O=c1[nH]c(-c2cnccn2)nc2c1CN(Cc1ccccn1)CC2. The molecule has 4 heterocycles. The zero-order valence-corrected chi connectivity index (χ0v) is 13.0. The number of hydrogen-bond acceptors (Lipinski definition) is 6. The average Bonchev–Trinajstić information content (AvgIpc) is 2.64. The van der Waals surface area contributed by atoms with Crippen molar-refractivity contribution in [2.75, 3.05) is 6.54 Å². The number of fused-ring (bicyclic) bond motifs is 1. The quantitative estimate of drug-likeness (QED) is 0.780. The van der Waals surface area contributed by atoms with Gasteiger partial charge in [0.15, 0.2) is 5.82 Å². The van der Waals surface area contributed by atoms with Crippen LogP contribution in [-0.2, 0) is 19.5 Å². The molecule has 1 aliphatic heterocycles. The molecule has 1 aliphatic rings. The fourth-order valence-corrected chi connectivity index (χ4v) is 2.88. The van der Waals surface area contributed by atoms with Crippen molar-refractivity contribution in [3.8, 4) is 11.5 Å². The minimum atomic E-state index is -0.105. The standard InChI is InChI=1S/C17H16N6O/c24-17-13-11-23(10-12-3-1-2-5-19-12)8-4-14(13)21-16(22-17)15-9-18-6-7-20-15/h1-3,5-7,9H,4,8,10-11H2,(H,21,22,24). The number of aromatic amines is 1. The lowest BCUT2D eigenvalue weighted by molar-refractivity contribution is 0.239. The molecule has 0 spiro atoms. The van der Waals surface area contributed by atoms with E-state index in [0.717, 1.165) is 36.5 Å². The van der Waals surface area contributed by atoms with Gasteiger partial charge in [-0.05, 0) is 12.1 Å². The lowest BCUT2D eigenvalue weighted by atomic mass is 10.1. The normalized spacial score (nSPS) is 14.3. The molecule has 4 rings (SSSR count). The number of H-pyrrole nitrogens is 1. The number of aromatic nitrogens is 5. The summed E-state index contributed by atoms with van der Waals surface area (Å²) in [7, 11) is 0. The van der Waals surface area contributed by atoms with Crippen molar-refractivity contribution in [2.45, 2.75) is 19.5 Å². The zero-order valence-electron chi connectivity index (χ0n) is 13.0. The van der Waals surface area contributed by atoms with Gasteiger partial charge in [-0.1, -0.05) is 6.07 Å². The van der Waals surface area contributed by atoms with Crippen LogP contribution in [0.5, 0.6) is 0 Å². The summed E-state index contributed by atoms with van der Waals surface area (Å²) in [5.41, 5.74) is 3.04. The van der Waals surface area contributed by atoms with E-state index in [4.69, 9.17) is 0 Å². The highest BCUT2D eigenvalue weighted by atomic mass is 16.1. The molecule has 0 radical (unpaired) electrons. The topological polar surface area (TPSA) is 87.7 Å². The Bertz CT molecular complexity index is 894. The zero-order chi connectivity index (χ0) is 16.4. The Balaban J connectivity index is 1.60. The third kappa shape index (κ3) is 2.93. The van der Waals surface area contributed by atoms with Crippen LogP contribution in [0.2, 0.25) is 0 Å². The molecule has 3 aromatic rings. The highest BCUT2D eigenvalue weighted by molar-refractivity contribution is 5.47. The molecule has 24 heavy (non-hydrogen) atoms. The van der Waals surface area contributed by atoms with E-state index in [1.807, 2.05) is 18.2 Å². The maximum atomic E-state index is 12.5. The van der Waals surface area contributed by atoms with Crippen LogP contribution in [0, 0.1) is 0 Å². The molecule has 3 aromatic heterocycles. The highest BCUT2D eigenvalue weighted by Gasteiger charge is 2.22. The molecule has 0 unspecified atom stereocenters. The molecule has 7 nitrogen and oxygen atoms in total. The maximum Gasteiger partial charge on any atom is 0.255 e. The first kappa shape index (κ1) is 14.6. The summed E-state index contributed by atoms with van der Waals surface area (Å²) in [6, 6.07) is 5.87. The van der Waals surface area contributed by atoms with Crippen molar-refractivity contribution >= 4 is 0 Å². The number of hydrogen-bond donors (Lipinski definition) is 1. The van der Waals surface area contributed by atoms with Crippen LogP contribution in [0.4, 0.5) is 0 Å². The molecule has 0 bridgehead atoms. The summed E-state index contributed by atoms with van der Waals surface area (Å²) in [6.07, 6.45) is 7.30. The minimum absolute atomic E-state index is 0.105. The van der Waals surface area contributed by atoms with Gasteiger partial charge < -0.3 is 4.98 Å². The van der Waals surface area contributed by atoms with Gasteiger partial charge in [0, 0.05) is 44.6 Å². The van der Waals surface area contributed by atoms with Crippen LogP contribution in [0.25, 0.3) is 11.5 Å². The lowest BCUT2D eigenvalue weighted by Gasteiger charge is -2.27. The highest BCUT2D eigenvalue weighted by Crippen LogP contribution is 2.18. The van der Waals surface area contributed by atoms with Crippen LogP contribution < -0.4 is 5.56 Å². The molecule has 0 fully saturated rings. The molecule has 0 atom stereocenters.